The maximum atomic E-state index is 12.0. The molecule has 0 saturated carbocycles. The molecule has 0 N–H and O–H groups in total. The second kappa shape index (κ2) is 5.35. The van der Waals surface area contributed by atoms with Crippen LogP contribution in [-0.2, 0) is 13.0 Å². The zero-order chi connectivity index (χ0) is 13.0. The third kappa shape index (κ3) is 2.50. The first-order valence-corrected chi connectivity index (χ1v) is 5.50. The fourth-order valence-electron chi connectivity index (χ4n) is 1.53. The molecular weight excluding hydrogens is 234 g/mol. The van der Waals surface area contributed by atoms with Crippen molar-refractivity contribution in [2.24, 2.45) is 0 Å². The van der Waals surface area contributed by atoms with Crippen molar-refractivity contribution in [3.05, 3.63) is 30.2 Å². The third-order valence-electron chi connectivity index (χ3n) is 2.45. The van der Waals surface area contributed by atoms with Crippen molar-refractivity contribution in [3.8, 4) is 5.88 Å². The molecule has 7 heteroatoms. The van der Waals surface area contributed by atoms with Crippen LogP contribution in [0.25, 0.3) is 0 Å². The van der Waals surface area contributed by atoms with Crippen LogP contribution in [0.4, 0.5) is 0 Å². The van der Waals surface area contributed by atoms with E-state index in [1.54, 1.807) is 4.68 Å². The summed E-state index contributed by atoms with van der Waals surface area (Å²) in [5, 5.41) is 4.01. The SMILES string of the molecule is CCn1ncnc1CC(=O)c1cc(OC)ncn1. The van der Waals surface area contributed by atoms with Gasteiger partial charge in [-0.2, -0.15) is 5.10 Å². The van der Waals surface area contributed by atoms with Gasteiger partial charge in [-0.1, -0.05) is 0 Å². The molecule has 0 amide bonds. The van der Waals surface area contributed by atoms with E-state index in [0.717, 1.165) is 0 Å². The zero-order valence-corrected chi connectivity index (χ0v) is 10.2. The van der Waals surface area contributed by atoms with E-state index < -0.39 is 0 Å². The number of ether oxygens (including phenoxy) is 1. The Hall–Kier alpha value is -2.31. The number of aryl methyl sites for hydroxylation is 1. The molecule has 0 aliphatic carbocycles. The van der Waals surface area contributed by atoms with Gasteiger partial charge in [-0.25, -0.2) is 19.6 Å². The van der Waals surface area contributed by atoms with Gasteiger partial charge in [0.1, 0.15) is 24.2 Å². The van der Waals surface area contributed by atoms with Crippen molar-refractivity contribution in [1.82, 2.24) is 24.7 Å². The lowest BCUT2D eigenvalue weighted by Gasteiger charge is -2.03. The highest BCUT2D eigenvalue weighted by Gasteiger charge is 2.13. The topological polar surface area (TPSA) is 82.8 Å². The predicted octanol–water partition coefficient (Wildman–Crippen LogP) is 0.522. The summed E-state index contributed by atoms with van der Waals surface area (Å²) in [6.07, 6.45) is 2.90. The van der Waals surface area contributed by atoms with Crippen molar-refractivity contribution < 1.29 is 9.53 Å². The summed E-state index contributed by atoms with van der Waals surface area (Å²) >= 11 is 0. The van der Waals surface area contributed by atoms with Crippen molar-refractivity contribution >= 4 is 5.78 Å². The summed E-state index contributed by atoms with van der Waals surface area (Å²) in [4.78, 5) is 23.9. The lowest BCUT2D eigenvalue weighted by Crippen LogP contribution is -2.12. The van der Waals surface area contributed by atoms with Gasteiger partial charge >= 0.3 is 0 Å². The molecule has 0 fully saturated rings. The van der Waals surface area contributed by atoms with Crippen molar-refractivity contribution in [1.29, 1.82) is 0 Å². The first-order valence-electron chi connectivity index (χ1n) is 5.50. The highest BCUT2D eigenvalue weighted by atomic mass is 16.5. The maximum Gasteiger partial charge on any atom is 0.216 e. The molecule has 0 aromatic carbocycles. The van der Waals surface area contributed by atoms with E-state index >= 15 is 0 Å². The maximum absolute atomic E-state index is 12.0. The van der Waals surface area contributed by atoms with E-state index in [9.17, 15) is 4.79 Å². The van der Waals surface area contributed by atoms with Crippen LogP contribution in [0.15, 0.2) is 18.7 Å². The Morgan fingerprint density at radius 3 is 2.89 bits per heavy atom. The number of methoxy groups -OCH3 is 1. The largest absolute Gasteiger partial charge is 0.481 e. The Labute approximate surface area is 104 Å². The highest BCUT2D eigenvalue weighted by Crippen LogP contribution is 2.08. The lowest BCUT2D eigenvalue weighted by molar-refractivity contribution is 0.0984. The van der Waals surface area contributed by atoms with Crippen LogP contribution >= 0.6 is 0 Å². The lowest BCUT2D eigenvalue weighted by atomic mass is 10.2. The van der Waals surface area contributed by atoms with Gasteiger partial charge < -0.3 is 4.74 Å². The zero-order valence-electron chi connectivity index (χ0n) is 10.2. The molecule has 2 heterocycles. The quantitative estimate of drug-likeness (QED) is 0.716. The van der Waals surface area contributed by atoms with Gasteiger partial charge in [0.05, 0.1) is 13.5 Å². The minimum atomic E-state index is -0.140. The molecule has 0 aliphatic rings. The van der Waals surface area contributed by atoms with E-state index in [1.807, 2.05) is 6.92 Å². The molecular formula is C11H13N5O2. The van der Waals surface area contributed by atoms with Gasteiger partial charge in [0.15, 0.2) is 5.78 Å². The smallest absolute Gasteiger partial charge is 0.216 e. The monoisotopic (exact) mass is 247 g/mol. The normalized spacial score (nSPS) is 10.3. The summed E-state index contributed by atoms with van der Waals surface area (Å²) in [5.74, 6) is 0.851. The molecule has 0 spiro atoms. The molecule has 0 aliphatic heterocycles. The van der Waals surface area contributed by atoms with Crippen molar-refractivity contribution in [2.75, 3.05) is 7.11 Å². The standard InChI is InChI=1S/C11H13N5O2/c1-3-16-10(13-7-15-16)5-9(17)8-4-11(18-2)14-6-12-8/h4,6-7H,3,5H2,1-2H3. The van der Waals surface area contributed by atoms with Crippen molar-refractivity contribution in [2.45, 2.75) is 19.9 Å². The van der Waals surface area contributed by atoms with E-state index in [0.29, 0.717) is 23.9 Å². The first-order chi connectivity index (χ1) is 8.74. The van der Waals surface area contributed by atoms with Crippen molar-refractivity contribution in [3.63, 3.8) is 0 Å². The minimum Gasteiger partial charge on any atom is -0.481 e. The molecule has 0 saturated heterocycles. The average Bonchev–Trinajstić information content (AvgIpc) is 2.86. The number of ketones is 1. The summed E-state index contributed by atoms with van der Waals surface area (Å²) in [6, 6.07) is 1.51. The fourth-order valence-corrected chi connectivity index (χ4v) is 1.53. The Morgan fingerprint density at radius 1 is 1.33 bits per heavy atom. The Morgan fingerprint density at radius 2 is 2.17 bits per heavy atom. The molecule has 2 rings (SSSR count). The Bertz CT molecular complexity index is 552. The van der Waals surface area contributed by atoms with Crippen LogP contribution in [0.2, 0.25) is 0 Å². The number of Topliss-reactive ketones (excluding diaryl/α,β-unsaturated/α-hetero) is 1. The molecule has 2 aromatic rings. The van der Waals surface area contributed by atoms with Gasteiger partial charge in [0.25, 0.3) is 0 Å². The third-order valence-corrected chi connectivity index (χ3v) is 2.45. The number of hydrogen-bond acceptors (Lipinski definition) is 6. The second-order valence-electron chi connectivity index (χ2n) is 3.54. The van der Waals surface area contributed by atoms with E-state index in [4.69, 9.17) is 4.74 Å². The summed E-state index contributed by atoms with van der Waals surface area (Å²) in [6.45, 7) is 2.62. The number of nitrogens with zero attached hydrogens (tertiary/aromatic N) is 5. The summed E-state index contributed by atoms with van der Waals surface area (Å²) in [5.41, 5.74) is 0.313. The molecule has 94 valence electrons. The molecule has 2 aromatic heterocycles. The number of aromatic nitrogens is 5. The molecule has 0 atom stereocenters. The van der Waals surface area contributed by atoms with Crippen LogP contribution in [0.1, 0.15) is 23.2 Å². The van der Waals surface area contributed by atoms with Crippen LogP contribution < -0.4 is 4.74 Å². The summed E-state index contributed by atoms with van der Waals surface area (Å²) in [7, 11) is 1.49. The van der Waals surface area contributed by atoms with Gasteiger partial charge in [-0.3, -0.25) is 4.79 Å². The minimum absolute atomic E-state index is 0.140. The molecule has 18 heavy (non-hydrogen) atoms. The van der Waals surface area contributed by atoms with E-state index in [1.165, 1.54) is 25.8 Å². The average molecular weight is 247 g/mol. The second-order valence-corrected chi connectivity index (χ2v) is 3.54. The Kier molecular flexibility index (Phi) is 3.61. The molecule has 0 unspecified atom stereocenters. The predicted molar refractivity (Wildman–Crippen MR) is 62.3 cm³/mol. The van der Waals surface area contributed by atoms with Gasteiger partial charge in [-0.05, 0) is 6.92 Å². The Balaban J connectivity index is 2.16. The van der Waals surface area contributed by atoms with Crippen LogP contribution in [0, 0.1) is 0 Å². The number of rotatable bonds is 5. The van der Waals surface area contributed by atoms with E-state index in [2.05, 4.69) is 20.1 Å². The first kappa shape index (κ1) is 12.2. The summed E-state index contributed by atoms with van der Waals surface area (Å²) < 4.78 is 6.63. The van der Waals surface area contributed by atoms with E-state index in [-0.39, 0.29) is 12.2 Å². The number of carbonyl (C=O) groups is 1. The number of carbonyl (C=O) groups excluding carboxylic acids is 1. The number of hydrogen-bond donors (Lipinski definition) is 0. The van der Waals surface area contributed by atoms with Gasteiger partial charge in [0.2, 0.25) is 5.88 Å². The van der Waals surface area contributed by atoms with Gasteiger partial charge in [0, 0.05) is 12.6 Å². The van der Waals surface area contributed by atoms with Crippen LogP contribution in [0.5, 0.6) is 5.88 Å². The van der Waals surface area contributed by atoms with Gasteiger partial charge in [-0.15, -0.1) is 0 Å². The molecule has 0 radical (unpaired) electrons. The molecule has 7 nitrogen and oxygen atoms in total. The van der Waals surface area contributed by atoms with Crippen LogP contribution in [0.3, 0.4) is 0 Å². The molecule has 0 bridgehead atoms. The van der Waals surface area contributed by atoms with Crippen LogP contribution in [-0.4, -0.2) is 37.6 Å². The fraction of sp³-hybridized carbons (Fsp3) is 0.364. The highest BCUT2D eigenvalue weighted by molar-refractivity contribution is 5.95.